The lowest BCUT2D eigenvalue weighted by Crippen LogP contribution is -2.43. The highest BCUT2D eigenvalue weighted by Gasteiger charge is 2.32. The van der Waals surface area contributed by atoms with Crippen LogP contribution in [0, 0.1) is 0 Å². The minimum atomic E-state index is -0.310. The Kier molecular flexibility index (Phi) is 6.90. The van der Waals surface area contributed by atoms with Gasteiger partial charge in [-0.15, -0.1) is 0 Å². The minimum Gasteiger partial charge on any atom is -0.496 e. The lowest BCUT2D eigenvalue weighted by atomic mass is 9.91. The van der Waals surface area contributed by atoms with Gasteiger partial charge in [0.05, 0.1) is 34.0 Å². The normalized spacial score (nSPS) is 16.4. The number of ether oxygens (including phenoxy) is 3. The van der Waals surface area contributed by atoms with Gasteiger partial charge in [0.15, 0.2) is 0 Å². The number of carbonyl (C=O) groups is 1. The number of carbonyl (C=O) groups excluding carboxylic acids is 1. The maximum atomic E-state index is 12.2. The van der Waals surface area contributed by atoms with Gasteiger partial charge in [-0.05, 0) is 26.3 Å². The van der Waals surface area contributed by atoms with Crippen LogP contribution in [-0.2, 0) is 24.2 Å². The molecule has 0 aliphatic carbocycles. The Morgan fingerprint density at radius 2 is 2.12 bits per heavy atom. The Morgan fingerprint density at radius 3 is 2.72 bits per heavy atom. The number of fused-ring (bicyclic) bond motifs is 1. The van der Waals surface area contributed by atoms with Crippen molar-refractivity contribution >= 4 is 6.09 Å². The fourth-order valence-electron chi connectivity index (χ4n) is 3.23. The molecule has 7 heteroatoms. The molecule has 2 rings (SSSR count). The zero-order valence-corrected chi connectivity index (χ0v) is 15.4. The maximum Gasteiger partial charge on any atom is 0.410 e. The number of amides is 1. The van der Waals surface area contributed by atoms with E-state index in [0.29, 0.717) is 32.7 Å². The molecular formula is C18H28N2O5. The van der Waals surface area contributed by atoms with Crippen LogP contribution in [0.3, 0.4) is 0 Å². The third-order valence-corrected chi connectivity index (χ3v) is 4.42. The van der Waals surface area contributed by atoms with Gasteiger partial charge in [0.1, 0.15) is 11.5 Å². The molecular weight excluding hydrogens is 324 g/mol. The van der Waals surface area contributed by atoms with E-state index >= 15 is 0 Å². The van der Waals surface area contributed by atoms with E-state index in [2.05, 4.69) is 5.32 Å². The summed E-state index contributed by atoms with van der Waals surface area (Å²) in [4.78, 5) is 13.9. The van der Waals surface area contributed by atoms with Gasteiger partial charge in [0.25, 0.3) is 0 Å². The van der Waals surface area contributed by atoms with Crippen LogP contribution < -0.4 is 14.8 Å². The number of hydrogen-bond donors (Lipinski definition) is 2. The molecule has 1 aromatic rings. The second-order valence-electron chi connectivity index (χ2n) is 6.01. The molecule has 1 amide bonds. The van der Waals surface area contributed by atoms with Crippen LogP contribution in [0.5, 0.6) is 11.5 Å². The van der Waals surface area contributed by atoms with Crippen LogP contribution in [0.2, 0.25) is 0 Å². The van der Waals surface area contributed by atoms with Crippen LogP contribution >= 0.6 is 0 Å². The molecule has 140 valence electrons. The molecule has 7 nitrogen and oxygen atoms in total. The summed E-state index contributed by atoms with van der Waals surface area (Å²) in [7, 11) is 3.28. The number of hydrogen-bond acceptors (Lipinski definition) is 6. The Balaban J connectivity index is 2.39. The van der Waals surface area contributed by atoms with Gasteiger partial charge >= 0.3 is 6.09 Å². The van der Waals surface area contributed by atoms with Crippen molar-refractivity contribution in [1.29, 1.82) is 0 Å². The van der Waals surface area contributed by atoms with Gasteiger partial charge in [0.2, 0.25) is 0 Å². The highest BCUT2D eigenvalue weighted by atomic mass is 16.6. The van der Waals surface area contributed by atoms with E-state index in [1.165, 1.54) is 0 Å². The molecule has 0 fully saturated rings. The van der Waals surface area contributed by atoms with Gasteiger partial charge in [-0.1, -0.05) is 0 Å². The fraction of sp³-hybridized carbons (Fsp3) is 0.611. The van der Waals surface area contributed by atoms with E-state index in [-0.39, 0.29) is 18.7 Å². The number of aliphatic hydroxyl groups is 1. The highest BCUT2D eigenvalue weighted by Crippen LogP contribution is 2.39. The lowest BCUT2D eigenvalue weighted by molar-refractivity contribution is 0.0853. The second-order valence-corrected chi connectivity index (χ2v) is 6.01. The third kappa shape index (κ3) is 4.16. The van der Waals surface area contributed by atoms with Crippen molar-refractivity contribution < 1.29 is 24.1 Å². The Labute approximate surface area is 148 Å². The summed E-state index contributed by atoms with van der Waals surface area (Å²) in [5.41, 5.74) is 3.00. The van der Waals surface area contributed by atoms with Crippen LogP contribution in [0.25, 0.3) is 0 Å². The first-order valence-corrected chi connectivity index (χ1v) is 8.57. The Hall–Kier alpha value is -1.99. The smallest absolute Gasteiger partial charge is 0.410 e. The van der Waals surface area contributed by atoms with E-state index in [9.17, 15) is 4.79 Å². The number of nitrogens with one attached hydrogen (secondary N) is 1. The average Bonchev–Trinajstić information content (AvgIpc) is 2.60. The van der Waals surface area contributed by atoms with Crippen LogP contribution in [0.15, 0.2) is 6.07 Å². The van der Waals surface area contributed by atoms with Crippen molar-refractivity contribution in [1.82, 2.24) is 10.2 Å². The molecule has 0 radical (unpaired) electrons. The van der Waals surface area contributed by atoms with E-state index in [1.807, 2.05) is 13.0 Å². The van der Waals surface area contributed by atoms with E-state index in [1.54, 1.807) is 26.0 Å². The zero-order chi connectivity index (χ0) is 18.4. The Morgan fingerprint density at radius 1 is 1.36 bits per heavy atom. The van der Waals surface area contributed by atoms with Crippen molar-refractivity contribution in [3.05, 3.63) is 22.8 Å². The monoisotopic (exact) mass is 352 g/mol. The van der Waals surface area contributed by atoms with Gasteiger partial charge < -0.3 is 29.5 Å². The molecule has 1 aliphatic heterocycles. The zero-order valence-electron chi connectivity index (χ0n) is 15.4. The molecule has 0 spiro atoms. The van der Waals surface area contributed by atoms with Crippen molar-refractivity contribution in [2.45, 2.75) is 39.4 Å². The van der Waals surface area contributed by atoms with Crippen molar-refractivity contribution in [3.63, 3.8) is 0 Å². The van der Waals surface area contributed by atoms with Gasteiger partial charge in [-0.2, -0.15) is 0 Å². The van der Waals surface area contributed by atoms with Crippen LogP contribution in [0.4, 0.5) is 4.79 Å². The minimum absolute atomic E-state index is 0.00538. The largest absolute Gasteiger partial charge is 0.496 e. The highest BCUT2D eigenvalue weighted by molar-refractivity contribution is 5.69. The summed E-state index contributed by atoms with van der Waals surface area (Å²) in [6.07, 6.45) is 0.358. The number of rotatable bonds is 7. The summed E-state index contributed by atoms with van der Waals surface area (Å²) in [5, 5.41) is 12.1. The molecule has 1 heterocycles. The van der Waals surface area contributed by atoms with E-state index in [0.717, 1.165) is 28.2 Å². The molecule has 0 saturated carbocycles. The lowest BCUT2D eigenvalue weighted by Gasteiger charge is -2.36. The van der Waals surface area contributed by atoms with Crippen LogP contribution in [-0.4, -0.2) is 56.1 Å². The fourth-order valence-corrected chi connectivity index (χ4v) is 3.23. The molecule has 1 atom stereocenters. The van der Waals surface area contributed by atoms with Crippen molar-refractivity contribution in [2.24, 2.45) is 0 Å². The third-order valence-electron chi connectivity index (χ3n) is 4.42. The molecule has 1 aliphatic rings. The molecule has 2 N–H and O–H groups in total. The molecule has 0 bridgehead atoms. The van der Waals surface area contributed by atoms with Gasteiger partial charge in [-0.25, -0.2) is 4.79 Å². The van der Waals surface area contributed by atoms with E-state index < -0.39 is 0 Å². The number of nitrogens with zero attached hydrogens (tertiary/aromatic N) is 1. The average molecular weight is 352 g/mol. The first kappa shape index (κ1) is 19.3. The second kappa shape index (κ2) is 8.92. The number of benzene rings is 1. The summed E-state index contributed by atoms with van der Waals surface area (Å²) in [6.45, 7) is 5.75. The quantitative estimate of drug-likeness (QED) is 0.727. The SMILES string of the molecule is CCOC(=O)N1Cc2c(OC)cc(CNCCO)c(OC)c2CC1C. The molecule has 1 unspecified atom stereocenters. The topological polar surface area (TPSA) is 80.3 Å². The first-order chi connectivity index (χ1) is 12.1. The Bertz CT molecular complexity index is 606. The summed E-state index contributed by atoms with van der Waals surface area (Å²) >= 11 is 0. The molecule has 25 heavy (non-hydrogen) atoms. The number of aliphatic hydroxyl groups excluding tert-OH is 1. The molecule has 1 aromatic carbocycles. The standard InChI is InChI=1S/C18H28N2O5/c1-5-25-18(22)20-11-15-14(8-12(20)2)17(24-4)13(9-16(15)23-3)10-19-6-7-21/h9,12,19,21H,5-8,10-11H2,1-4H3. The molecule has 0 saturated heterocycles. The van der Waals surface area contributed by atoms with Gasteiger partial charge in [0, 0.05) is 35.8 Å². The predicted molar refractivity (Wildman–Crippen MR) is 94.1 cm³/mol. The molecule has 0 aromatic heterocycles. The predicted octanol–water partition coefficient (Wildman–Crippen LogP) is 1.69. The van der Waals surface area contributed by atoms with Crippen LogP contribution in [0.1, 0.15) is 30.5 Å². The summed E-state index contributed by atoms with van der Waals surface area (Å²) in [5.74, 6) is 1.55. The van der Waals surface area contributed by atoms with Gasteiger partial charge in [-0.3, -0.25) is 0 Å². The van der Waals surface area contributed by atoms with Crippen molar-refractivity contribution in [2.75, 3.05) is 34.0 Å². The van der Waals surface area contributed by atoms with E-state index in [4.69, 9.17) is 19.3 Å². The number of methoxy groups -OCH3 is 2. The van der Waals surface area contributed by atoms with Crippen molar-refractivity contribution in [3.8, 4) is 11.5 Å². The first-order valence-electron chi connectivity index (χ1n) is 8.57. The maximum absolute atomic E-state index is 12.2. The summed E-state index contributed by atoms with van der Waals surface area (Å²) in [6, 6.07) is 1.94. The summed E-state index contributed by atoms with van der Waals surface area (Å²) < 4.78 is 16.4.